The number of piperazine rings is 1. The number of likely N-dealkylation sites (N-methyl/N-ethyl adjacent to an activating group) is 2. The molecule has 30 heteroatoms. The van der Waals surface area contributed by atoms with Crippen LogP contribution in [-0.4, -0.2) is 161 Å². The maximum atomic E-state index is 15.2. The van der Waals surface area contributed by atoms with Gasteiger partial charge in [0.1, 0.15) is 40.3 Å². The van der Waals surface area contributed by atoms with Crippen LogP contribution in [0, 0.1) is 5.82 Å². The minimum absolute atomic E-state index is 0.0171. The van der Waals surface area contributed by atoms with Gasteiger partial charge in [-0.15, -0.1) is 0 Å². The smallest absolute Gasteiger partial charge is 0.355 e. The third-order valence-electron chi connectivity index (χ3n) is 15.9. The number of nitrogens with zero attached hydrogens (tertiary/aromatic N) is 14. The highest BCUT2D eigenvalue weighted by molar-refractivity contribution is 6.43. The van der Waals surface area contributed by atoms with Crippen molar-refractivity contribution in [3.63, 3.8) is 0 Å². The van der Waals surface area contributed by atoms with Crippen molar-refractivity contribution in [2.24, 2.45) is 5.73 Å². The largest absolute Gasteiger partial charge is 0.462 e. The number of nitrogens with one attached hydrogen (secondary N) is 1. The van der Waals surface area contributed by atoms with E-state index < -0.39 is 28.7 Å². The zero-order valence-corrected chi connectivity index (χ0v) is 55.2. The number of ether oxygens (including phenoxy) is 2. The van der Waals surface area contributed by atoms with Crippen molar-refractivity contribution < 1.29 is 23.5 Å². The minimum Gasteiger partial charge on any atom is -0.462 e. The van der Waals surface area contributed by atoms with Crippen molar-refractivity contribution in [2.75, 3.05) is 79.0 Å². The number of anilines is 1. The number of hydrogen-bond acceptors (Lipinski definition) is 18. The summed E-state index contributed by atoms with van der Waals surface area (Å²) in [5.41, 5.74) is 8.28. The highest BCUT2D eigenvalue weighted by atomic mass is 35.5. The van der Waals surface area contributed by atoms with Crippen molar-refractivity contribution in [1.82, 2.24) is 68.7 Å². The molecule has 2 amide bonds. The van der Waals surface area contributed by atoms with Crippen LogP contribution in [0.5, 0.6) is 12.0 Å². The minimum atomic E-state index is -0.689. The predicted octanol–water partition coefficient (Wildman–Crippen LogP) is 9.96. The van der Waals surface area contributed by atoms with Crippen LogP contribution < -0.4 is 37.0 Å². The van der Waals surface area contributed by atoms with E-state index in [-0.39, 0.29) is 99.6 Å². The van der Waals surface area contributed by atoms with Crippen LogP contribution in [0.15, 0.2) is 69.5 Å². The third-order valence-corrected chi connectivity index (χ3v) is 17.9. The van der Waals surface area contributed by atoms with E-state index in [1.165, 1.54) is 33.4 Å². The van der Waals surface area contributed by atoms with Gasteiger partial charge in [0.2, 0.25) is 5.91 Å². The summed E-state index contributed by atoms with van der Waals surface area (Å²) in [5.74, 6) is -0.263. The maximum absolute atomic E-state index is 15.2. The number of hydrogen-bond donors (Lipinski definition) is 2. The summed E-state index contributed by atoms with van der Waals surface area (Å²) in [6.45, 7) is 9.20. The lowest BCUT2D eigenvalue weighted by Crippen LogP contribution is -2.54. The Morgan fingerprint density at radius 3 is 1.66 bits per heavy atom. The molecule has 1 aromatic carbocycles. The molecule has 5 aliphatic rings. The fraction of sp³-hybridized carbons (Fsp3) is 0.403. The van der Waals surface area contributed by atoms with Gasteiger partial charge in [-0.3, -0.25) is 19.4 Å². The standard InChI is InChI=1S/C35H38ClFN8O3.C21H22Cl2N6O3.C6H3Cl3N2O/c1-5-27(46)43-14-15-44(20(2)19-43)32-24-18-25(36)30(23-8-6-7-9-26(23)37)38-33(24)45(35(47)41-32)31-28(21-10-11-21)39-34(48-17-16-42(3)4)40-29(31)22-12-13-22;1-28(2)7-8-32-20-24-14(10-3-4-10)16(15(25-20)11-5-6-11)29-18-12(19(30)27-21(29)31)9-13(22)17(23)26-18;7-3-1-2(6(10)12)4(8)11-5(3)9/h5-9,18,20-22H,1,10-17,19H2,2-4H3;9-11H,3-8H2,1-2H3,(H,27,30,31);1H,(H2,10,12)/t20-;;/m0../s1. The van der Waals surface area contributed by atoms with Gasteiger partial charge >= 0.3 is 23.4 Å². The molecule has 23 nitrogen and oxygen atoms in total. The number of pyridine rings is 3. The van der Waals surface area contributed by atoms with Crippen LogP contribution in [-0.2, 0) is 4.79 Å². The molecule has 7 aromatic heterocycles. The molecule has 4 aliphatic carbocycles. The second kappa shape index (κ2) is 27.6. The molecule has 3 N–H and O–H groups in total. The zero-order valence-electron chi connectivity index (χ0n) is 50.7. The molecule has 1 aliphatic heterocycles. The number of amides is 2. The average Bonchev–Trinajstić information content (AvgIpc) is 0.865. The molecule has 0 radical (unpaired) electrons. The summed E-state index contributed by atoms with van der Waals surface area (Å²) < 4.78 is 30.0. The highest BCUT2D eigenvalue weighted by Gasteiger charge is 2.40. The van der Waals surface area contributed by atoms with Crippen molar-refractivity contribution in [1.29, 1.82) is 0 Å². The van der Waals surface area contributed by atoms with E-state index in [1.54, 1.807) is 29.2 Å². The lowest BCUT2D eigenvalue weighted by molar-refractivity contribution is -0.126. The number of benzene rings is 1. The normalized spacial score (nSPS) is 16.3. The Hall–Kier alpha value is -7.42. The van der Waals surface area contributed by atoms with Crippen LogP contribution in [0.1, 0.15) is 115 Å². The molecule has 482 valence electrons. The molecule has 5 fully saturated rings. The van der Waals surface area contributed by atoms with Gasteiger partial charge in [0.25, 0.3) is 11.5 Å². The molecule has 0 spiro atoms. The Bertz CT molecular complexity index is 4360. The van der Waals surface area contributed by atoms with Gasteiger partial charge in [-0.05, 0) is 123 Å². The average molecular weight is 1380 g/mol. The lowest BCUT2D eigenvalue weighted by Gasteiger charge is -2.40. The SMILES string of the molecule is C=CC(=O)N1CCN(c2nc(=O)n(-c3c(C4CC4)nc(OCCN(C)C)nc3C3CC3)c3nc(-c4ccccc4F)c(Cl)cc23)[C@@H](C)C1.CN(C)CCOc1nc(C2CC2)c(-n2c(=O)[nH]c(=O)c3cc(Cl)c(Cl)nc32)c(C2CC2)n1.NC(=O)c1cc(Cl)c(Cl)nc1Cl. The second-order valence-corrected chi connectivity index (χ2v) is 25.9. The second-order valence-electron chi connectivity index (χ2n) is 23.6. The Morgan fingerprint density at radius 2 is 1.16 bits per heavy atom. The molecule has 1 saturated heterocycles. The van der Waals surface area contributed by atoms with E-state index >= 15 is 4.39 Å². The summed E-state index contributed by atoms with van der Waals surface area (Å²) in [4.78, 5) is 110. The monoisotopic (exact) mass is 1370 g/mol. The fourth-order valence-corrected chi connectivity index (χ4v) is 11.7. The number of primary amides is 1. The van der Waals surface area contributed by atoms with Crippen LogP contribution >= 0.6 is 69.6 Å². The van der Waals surface area contributed by atoms with E-state index in [4.69, 9.17) is 110 Å². The number of H-pyrrole nitrogens is 1. The molecular formula is C62H63Cl6FN16O7. The molecule has 8 heterocycles. The number of aromatic amines is 1. The van der Waals surface area contributed by atoms with E-state index in [2.05, 4.69) is 26.5 Å². The van der Waals surface area contributed by atoms with E-state index in [0.717, 1.165) is 80.7 Å². The molecule has 92 heavy (non-hydrogen) atoms. The zero-order chi connectivity index (χ0) is 65.6. The number of halogens is 7. The molecule has 1 atom stereocenters. The first kappa shape index (κ1) is 66.1. The quantitative estimate of drug-likeness (QED) is 0.0597. The summed E-state index contributed by atoms with van der Waals surface area (Å²) in [6.07, 6.45) is 8.84. The van der Waals surface area contributed by atoms with Gasteiger partial charge < -0.3 is 34.8 Å². The molecule has 0 bridgehead atoms. The van der Waals surface area contributed by atoms with E-state index in [9.17, 15) is 24.0 Å². The maximum Gasteiger partial charge on any atom is 0.355 e. The summed E-state index contributed by atoms with van der Waals surface area (Å²) in [5, 5.41) is 1.24. The third kappa shape index (κ3) is 14.5. The first-order chi connectivity index (χ1) is 44.0. The van der Waals surface area contributed by atoms with Gasteiger partial charge in [0.05, 0.1) is 71.2 Å². The number of carbonyl (C=O) groups excluding carboxylic acids is 2. The molecule has 13 rings (SSSR count). The predicted molar refractivity (Wildman–Crippen MR) is 352 cm³/mol. The first-order valence-corrected chi connectivity index (χ1v) is 32.0. The number of rotatable bonds is 18. The highest BCUT2D eigenvalue weighted by Crippen LogP contribution is 2.50. The van der Waals surface area contributed by atoms with Gasteiger partial charge in [0.15, 0.2) is 11.3 Å². The van der Waals surface area contributed by atoms with Crippen LogP contribution in [0.25, 0.3) is 44.7 Å². The van der Waals surface area contributed by atoms with E-state index in [0.29, 0.717) is 74.0 Å². The Morgan fingerprint density at radius 1 is 0.663 bits per heavy atom. The molecular weight excluding hydrogens is 1310 g/mol. The van der Waals surface area contributed by atoms with Crippen LogP contribution in [0.2, 0.25) is 30.5 Å². The number of carbonyl (C=O) groups is 2. The van der Waals surface area contributed by atoms with Crippen molar-refractivity contribution >= 4 is 109 Å². The number of fused-ring (bicyclic) bond motifs is 2. The Kier molecular flexibility index (Phi) is 19.8. The summed E-state index contributed by atoms with van der Waals surface area (Å²) in [6, 6.07) is 11.2. The fourth-order valence-electron chi connectivity index (χ4n) is 10.6. The van der Waals surface area contributed by atoms with Crippen molar-refractivity contribution in [2.45, 2.75) is 88.0 Å². The lowest BCUT2D eigenvalue weighted by atomic mass is 10.1. The van der Waals surface area contributed by atoms with Gasteiger partial charge in [-0.2, -0.15) is 24.9 Å². The summed E-state index contributed by atoms with van der Waals surface area (Å²) in [7, 11) is 7.89. The Balaban J connectivity index is 0.000000168. The molecule has 8 aromatic rings. The van der Waals surface area contributed by atoms with Gasteiger partial charge in [-0.1, -0.05) is 88.3 Å². The topological polar surface area (TPSA) is 272 Å². The summed E-state index contributed by atoms with van der Waals surface area (Å²) >= 11 is 35.8. The van der Waals surface area contributed by atoms with Crippen molar-refractivity contribution in [3.05, 3.63) is 151 Å². The van der Waals surface area contributed by atoms with Gasteiger partial charge in [-0.25, -0.2) is 38.1 Å². The number of aromatic nitrogens is 11. The van der Waals surface area contributed by atoms with Crippen LogP contribution in [0.4, 0.5) is 10.2 Å². The van der Waals surface area contributed by atoms with Crippen molar-refractivity contribution in [3.8, 4) is 34.7 Å². The van der Waals surface area contributed by atoms with Gasteiger partial charge in [0, 0.05) is 68.0 Å². The molecule has 0 unspecified atom stereocenters. The van der Waals surface area contributed by atoms with Crippen LogP contribution in [0.3, 0.4) is 0 Å². The first-order valence-electron chi connectivity index (χ1n) is 29.8. The number of nitrogens with two attached hydrogens (primary N) is 1. The molecule has 4 saturated carbocycles. The Labute approximate surface area is 556 Å². The van der Waals surface area contributed by atoms with E-state index in [1.807, 2.05) is 49.8 Å².